The summed E-state index contributed by atoms with van der Waals surface area (Å²) >= 11 is 6.80. The first kappa shape index (κ1) is 18.0. The summed E-state index contributed by atoms with van der Waals surface area (Å²) < 4.78 is 5.67. The Bertz CT molecular complexity index is 962. The second-order valence-corrected chi connectivity index (χ2v) is 6.68. The molecule has 3 rings (SSSR count). The predicted octanol–water partition coefficient (Wildman–Crippen LogP) is 4.52. The fraction of sp³-hybridized carbons (Fsp3) is 0.0556. The molecule has 0 spiro atoms. The molecular formula is C18H12ClNO5S. The van der Waals surface area contributed by atoms with E-state index in [2.05, 4.69) is 6.58 Å². The number of carboxylic acid groups (broad SMARTS) is 1. The van der Waals surface area contributed by atoms with E-state index < -0.39 is 11.9 Å². The van der Waals surface area contributed by atoms with Gasteiger partial charge in [-0.15, -0.1) is 6.58 Å². The maximum atomic E-state index is 12.2. The van der Waals surface area contributed by atoms with E-state index in [-0.39, 0.29) is 27.3 Å². The van der Waals surface area contributed by atoms with Gasteiger partial charge in [-0.25, -0.2) is 4.79 Å². The van der Waals surface area contributed by atoms with Gasteiger partial charge in [0.25, 0.3) is 11.1 Å². The molecule has 1 saturated heterocycles. The molecule has 26 heavy (non-hydrogen) atoms. The number of imide groups is 1. The first-order valence-corrected chi connectivity index (χ1v) is 8.59. The molecule has 0 atom stereocenters. The highest BCUT2D eigenvalue weighted by Gasteiger charge is 2.34. The molecular weight excluding hydrogens is 378 g/mol. The lowest BCUT2D eigenvalue weighted by Crippen LogP contribution is -2.27. The molecule has 2 aromatic rings. The number of rotatable bonds is 5. The Hall–Kier alpha value is -2.77. The van der Waals surface area contributed by atoms with Gasteiger partial charge in [0, 0.05) is 18.2 Å². The molecule has 0 radical (unpaired) electrons. The number of benzene rings is 1. The molecule has 1 aliphatic heterocycles. The van der Waals surface area contributed by atoms with Gasteiger partial charge in [0.2, 0.25) is 0 Å². The third kappa shape index (κ3) is 3.44. The standard InChI is InChI=1S/C18H12ClNO5S/c1-2-7-20-16(21)15(26-18(20)24)9-11-4-6-14(25-11)10-3-5-12(17(22)23)13(19)8-10/h2-6,8-9H,1,7H2,(H,22,23)/b15-9+. The molecule has 1 fully saturated rings. The third-order valence-electron chi connectivity index (χ3n) is 3.57. The molecule has 8 heteroatoms. The van der Waals surface area contributed by atoms with E-state index in [0.29, 0.717) is 17.1 Å². The molecule has 1 aliphatic rings. The van der Waals surface area contributed by atoms with Crippen molar-refractivity contribution in [2.24, 2.45) is 0 Å². The van der Waals surface area contributed by atoms with E-state index in [1.807, 2.05) is 0 Å². The summed E-state index contributed by atoms with van der Waals surface area (Å²) in [5, 5.41) is 8.75. The number of hydrogen-bond acceptors (Lipinski definition) is 5. The summed E-state index contributed by atoms with van der Waals surface area (Å²) in [5.74, 6) is -0.661. The van der Waals surface area contributed by atoms with Gasteiger partial charge in [-0.2, -0.15) is 0 Å². The monoisotopic (exact) mass is 389 g/mol. The number of carboxylic acids is 1. The molecule has 2 heterocycles. The minimum atomic E-state index is -1.11. The average Bonchev–Trinajstić information content (AvgIpc) is 3.15. The van der Waals surface area contributed by atoms with Crippen molar-refractivity contribution in [3.8, 4) is 11.3 Å². The van der Waals surface area contributed by atoms with Crippen LogP contribution in [0.2, 0.25) is 5.02 Å². The van der Waals surface area contributed by atoms with Crippen molar-refractivity contribution in [2.75, 3.05) is 6.54 Å². The summed E-state index contributed by atoms with van der Waals surface area (Å²) in [5.41, 5.74) is 0.595. The Balaban J connectivity index is 1.86. The maximum Gasteiger partial charge on any atom is 0.337 e. The highest BCUT2D eigenvalue weighted by molar-refractivity contribution is 8.18. The Labute approximate surface area is 157 Å². The van der Waals surface area contributed by atoms with Crippen LogP contribution in [0.4, 0.5) is 4.79 Å². The summed E-state index contributed by atoms with van der Waals surface area (Å²) in [6.07, 6.45) is 2.97. The SMILES string of the molecule is C=CCN1C(=O)S/C(=C/c2ccc(-c3ccc(C(=O)O)c(Cl)c3)o2)C1=O. The van der Waals surface area contributed by atoms with E-state index >= 15 is 0 Å². The number of halogens is 1. The zero-order valence-electron chi connectivity index (χ0n) is 13.3. The number of carbonyl (C=O) groups excluding carboxylic acids is 2. The average molecular weight is 390 g/mol. The summed E-state index contributed by atoms with van der Waals surface area (Å²) in [7, 11) is 0. The van der Waals surface area contributed by atoms with Crippen LogP contribution in [0, 0.1) is 0 Å². The van der Waals surface area contributed by atoms with Crippen molar-refractivity contribution >= 4 is 46.6 Å². The molecule has 1 aromatic heterocycles. The van der Waals surface area contributed by atoms with Crippen LogP contribution in [0.1, 0.15) is 16.1 Å². The van der Waals surface area contributed by atoms with Gasteiger partial charge < -0.3 is 9.52 Å². The van der Waals surface area contributed by atoms with Crippen molar-refractivity contribution < 1.29 is 23.9 Å². The molecule has 1 aromatic carbocycles. The normalized spacial score (nSPS) is 15.7. The van der Waals surface area contributed by atoms with Crippen molar-refractivity contribution in [3.63, 3.8) is 0 Å². The first-order valence-electron chi connectivity index (χ1n) is 7.40. The minimum absolute atomic E-state index is 0.00177. The van der Waals surface area contributed by atoms with Gasteiger partial charge in [0.15, 0.2) is 0 Å². The Morgan fingerprint density at radius 3 is 2.73 bits per heavy atom. The largest absolute Gasteiger partial charge is 0.478 e. The van der Waals surface area contributed by atoms with Crippen LogP contribution in [0.25, 0.3) is 17.4 Å². The fourth-order valence-corrected chi connectivity index (χ4v) is 3.43. The Kier molecular flexibility index (Phi) is 5.01. The van der Waals surface area contributed by atoms with Crippen LogP contribution in [-0.2, 0) is 4.79 Å². The van der Waals surface area contributed by atoms with Crippen molar-refractivity contribution in [2.45, 2.75) is 0 Å². The van der Waals surface area contributed by atoms with Crippen LogP contribution >= 0.6 is 23.4 Å². The van der Waals surface area contributed by atoms with Crippen LogP contribution < -0.4 is 0 Å². The maximum absolute atomic E-state index is 12.2. The molecule has 1 N–H and O–H groups in total. The van der Waals surface area contributed by atoms with Gasteiger partial charge in [-0.05, 0) is 36.0 Å². The number of hydrogen-bond donors (Lipinski definition) is 1. The van der Waals surface area contributed by atoms with E-state index in [1.54, 1.807) is 18.2 Å². The predicted molar refractivity (Wildman–Crippen MR) is 99.0 cm³/mol. The second kappa shape index (κ2) is 7.23. The molecule has 0 bridgehead atoms. The van der Waals surface area contributed by atoms with Crippen molar-refractivity contribution in [3.05, 3.63) is 64.2 Å². The number of carbonyl (C=O) groups is 3. The van der Waals surface area contributed by atoms with Crippen LogP contribution in [0.3, 0.4) is 0 Å². The van der Waals surface area contributed by atoms with Crippen LogP contribution in [0.5, 0.6) is 0 Å². The number of thioether (sulfide) groups is 1. The molecule has 0 saturated carbocycles. The summed E-state index contributed by atoms with van der Waals surface area (Å²) in [6.45, 7) is 3.67. The van der Waals surface area contributed by atoms with E-state index in [1.165, 1.54) is 24.3 Å². The van der Waals surface area contributed by atoms with Gasteiger partial charge >= 0.3 is 5.97 Å². The number of nitrogens with zero attached hydrogens (tertiary/aromatic N) is 1. The topological polar surface area (TPSA) is 87.8 Å². The zero-order valence-corrected chi connectivity index (χ0v) is 14.8. The van der Waals surface area contributed by atoms with Crippen LogP contribution in [0.15, 0.2) is 52.3 Å². The third-order valence-corrected chi connectivity index (χ3v) is 4.79. The fourth-order valence-electron chi connectivity index (χ4n) is 2.34. The zero-order chi connectivity index (χ0) is 18.8. The number of amides is 2. The van der Waals surface area contributed by atoms with E-state index in [0.717, 1.165) is 16.7 Å². The molecule has 0 unspecified atom stereocenters. The summed E-state index contributed by atoms with van der Waals surface area (Å²) in [6, 6.07) is 7.78. The van der Waals surface area contributed by atoms with E-state index in [4.69, 9.17) is 21.1 Å². The first-order chi connectivity index (χ1) is 12.4. The smallest absolute Gasteiger partial charge is 0.337 e. The van der Waals surface area contributed by atoms with Gasteiger partial charge in [-0.3, -0.25) is 14.5 Å². The highest BCUT2D eigenvalue weighted by atomic mass is 35.5. The molecule has 6 nitrogen and oxygen atoms in total. The molecule has 0 aliphatic carbocycles. The number of furan rings is 1. The minimum Gasteiger partial charge on any atom is -0.478 e. The molecule has 2 amide bonds. The van der Waals surface area contributed by atoms with Crippen LogP contribution in [-0.4, -0.2) is 33.7 Å². The lowest BCUT2D eigenvalue weighted by atomic mass is 10.1. The lowest BCUT2D eigenvalue weighted by molar-refractivity contribution is -0.122. The highest BCUT2D eigenvalue weighted by Crippen LogP contribution is 2.33. The second-order valence-electron chi connectivity index (χ2n) is 5.28. The van der Waals surface area contributed by atoms with Crippen molar-refractivity contribution in [1.29, 1.82) is 0 Å². The lowest BCUT2D eigenvalue weighted by Gasteiger charge is -2.07. The van der Waals surface area contributed by atoms with Gasteiger partial charge in [0.05, 0.1) is 15.5 Å². The summed E-state index contributed by atoms with van der Waals surface area (Å²) in [4.78, 5) is 36.4. The van der Waals surface area contributed by atoms with Gasteiger partial charge in [0.1, 0.15) is 11.5 Å². The van der Waals surface area contributed by atoms with E-state index in [9.17, 15) is 14.4 Å². The van der Waals surface area contributed by atoms with Crippen molar-refractivity contribution in [1.82, 2.24) is 4.90 Å². The quantitative estimate of drug-likeness (QED) is 0.597. The Morgan fingerprint density at radius 1 is 1.31 bits per heavy atom. The Morgan fingerprint density at radius 2 is 2.08 bits per heavy atom. The van der Waals surface area contributed by atoms with Gasteiger partial charge in [-0.1, -0.05) is 23.7 Å². The molecule has 132 valence electrons. The number of aromatic carboxylic acids is 1.